The number of anilines is 1. The Morgan fingerprint density at radius 1 is 1.41 bits per heavy atom. The van der Waals surface area contributed by atoms with Crippen molar-refractivity contribution >= 4 is 11.9 Å². The van der Waals surface area contributed by atoms with Crippen molar-refractivity contribution in [3.05, 3.63) is 36.2 Å². The SMILES string of the molecule is CCOC(=O)c1nc(N)n(-c2ccccc2)n1. The number of rotatable bonds is 3. The zero-order chi connectivity index (χ0) is 12.3. The molecule has 6 heteroatoms. The first-order valence-corrected chi connectivity index (χ1v) is 5.17. The van der Waals surface area contributed by atoms with Crippen molar-refractivity contribution in [3.8, 4) is 5.69 Å². The summed E-state index contributed by atoms with van der Waals surface area (Å²) in [5.74, 6) is -0.457. The number of benzene rings is 1. The van der Waals surface area contributed by atoms with Crippen LogP contribution in [0.1, 0.15) is 17.5 Å². The smallest absolute Gasteiger partial charge is 0.378 e. The van der Waals surface area contributed by atoms with Gasteiger partial charge in [-0.15, -0.1) is 5.10 Å². The molecule has 1 aromatic carbocycles. The molecule has 1 heterocycles. The van der Waals surface area contributed by atoms with Crippen LogP contribution in [0.2, 0.25) is 0 Å². The molecule has 0 amide bonds. The molecule has 2 N–H and O–H groups in total. The monoisotopic (exact) mass is 232 g/mol. The van der Waals surface area contributed by atoms with Crippen molar-refractivity contribution < 1.29 is 9.53 Å². The highest BCUT2D eigenvalue weighted by Gasteiger charge is 2.16. The van der Waals surface area contributed by atoms with E-state index in [2.05, 4.69) is 10.1 Å². The summed E-state index contributed by atoms with van der Waals surface area (Å²) in [7, 11) is 0. The van der Waals surface area contributed by atoms with Crippen LogP contribution in [-0.4, -0.2) is 27.3 Å². The molecule has 0 unspecified atom stereocenters. The van der Waals surface area contributed by atoms with Crippen molar-refractivity contribution in [2.24, 2.45) is 0 Å². The van der Waals surface area contributed by atoms with Gasteiger partial charge in [-0.1, -0.05) is 18.2 Å². The zero-order valence-electron chi connectivity index (χ0n) is 9.33. The lowest BCUT2D eigenvalue weighted by Crippen LogP contribution is -2.07. The van der Waals surface area contributed by atoms with Gasteiger partial charge in [0, 0.05) is 0 Å². The van der Waals surface area contributed by atoms with Crippen LogP contribution in [0.25, 0.3) is 5.69 Å². The van der Waals surface area contributed by atoms with E-state index in [1.165, 1.54) is 4.68 Å². The molecular formula is C11H12N4O2. The van der Waals surface area contributed by atoms with Gasteiger partial charge in [-0.05, 0) is 19.1 Å². The maximum absolute atomic E-state index is 11.4. The molecule has 17 heavy (non-hydrogen) atoms. The lowest BCUT2D eigenvalue weighted by Gasteiger charge is -2.00. The molecule has 6 nitrogen and oxygen atoms in total. The Kier molecular flexibility index (Phi) is 3.04. The van der Waals surface area contributed by atoms with E-state index in [1.54, 1.807) is 6.92 Å². The molecule has 0 bridgehead atoms. The fraction of sp³-hybridized carbons (Fsp3) is 0.182. The number of aromatic nitrogens is 3. The normalized spacial score (nSPS) is 10.2. The second kappa shape index (κ2) is 4.65. The first-order valence-electron chi connectivity index (χ1n) is 5.17. The first kappa shape index (κ1) is 11.1. The van der Waals surface area contributed by atoms with Crippen molar-refractivity contribution in [1.82, 2.24) is 14.8 Å². The van der Waals surface area contributed by atoms with Gasteiger partial charge < -0.3 is 10.5 Å². The summed E-state index contributed by atoms with van der Waals surface area (Å²) in [6.07, 6.45) is 0. The third kappa shape index (κ3) is 2.25. The maximum Gasteiger partial charge on any atom is 0.378 e. The van der Waals surface area contributed by atoms with E-state index in [0.29, 0.717) is 0 Å². The number of hydrogen-bond acceptors (Lipinski definition) is 5. The topological polar surface area (TPSA) is 83.0 Å². The minimum atomic E-state index is -0.575. The van der Waals surface area contributed by atoms with Crippen LogP contribution in [0.3, 0.4) is 0 Å². The molecule has 0 saturated carbocycles. The van der Waals surface area contributed by atoms with Crippen LogP contribution < -0.4 is 5.73 Å². The molecule has 0 atom stereocenters. The number of nitrogens with two attached hydrogens (primary N) is 1. The number of hydrogen-bond donors (Lipinski definition) is 1. The van der Waals surface area contributed by atoms with Gasteiger partial charge in [0.25, 0.3) is 5.82 Å². The largest absolute Gasteiger partial charge is 0.460 e. The minimum absolute atomic E-state index is 0.0341. The number of nitrogen functional groups attached to an aromatic ring is 1. The van der Waals surface area contributed by atoms with Crippen LogP contribution in [0.4, 0.5) is 5.95 Å². The Morgan fingerprint density at radius 3 is 2.76 bits per heavy atom. The molecule has 0 aliphatic rings. The third-order valence-corrected chi connectivity index (χ3v) is 2.09. The maximum atomic E-state index is 11.4. The molecule has 0 fully saturated rings. The van der Waals surface area contributed by atoms with Crippen molar-refractivity contribution in [3.63, 3.8) is 0 Å². The van der Waals surface area contributed by atoms with E-state index in [9.17, 15) is 4.79 Å². The van der Waals surface area contributed by atoms with E-state index in [-0.39, 0.29) is 18.4 Å². The second-order valence-electron chi connectivity index (χ2n) is 3.26. The third-order valence-electron chi connectivity index (χ3n) is 2.09. The number of esters is 1. The molecule has 0 saturated heterocycles. The number of para-hydroxylation sites is 1. The Bertz CT molecular complexity index is 522. The van der Waals surface area contributed by atoms with Gasteiger partial charge in [0.2, 0.25) is 5.95 Å². The highest BCUT2D eigenvalue weighted by atomic mass is 16.5. The van der Waals surface area contributed by atoms with E-state index in [1.807, 2.05) is 30.3 Å². The Morgan fingerprint density at radius 2 is 2.12 bits per heavy atom. The minimum Gasteiger partial charge on any atom is -0.460 e. The number of ether oxygens (including phenoxy) is 1. The number of carbonyl (C=O) groups excluding carboxylic acids is 1. The highest BCUT2D eigenvalue weighted by molar-refractivity contribution is 5.85. The van der Waals surface area contributed by atoms with Gasteiger partial charge in [0.15, 0.2) is 0 Å². The molecule has 2 aromatic rings. The molecule has 0 spiro atoms. The average Bonchev–Trinajstić information content (AvgIpc) is 2.73. The van der Waals surface area contributed by atoms with Crippen LogP contribution in [0, 0.1) is 0 Å². The van der Waals surface area contributed by atoms with Gasteiger partial charge in [-0.25, -0.2) is 4.79 Å². The van der Waals surface area contributed by atoms with Crippen LogP contribution >= 0.6 is 0 Å². The fourth-order valence-electron chi connectivity index (χ4n) is 1.37. The molecule has 0 radical (unpaired) electrons. The van der Waals surface area contributed by atoms with Gasteiger partial charge in [-0.2, -0.15) is 9.67 Å². The van der Waals surface area contributed by atoms with Crippen LogP contribution in [0.15, 0.2) is 30.3 Å². The Balaban J connectivity index is 2.35. The molecule has 2 rings (SSSR count). The Hall–Kier alpha value is -2.37. The number of carbonyl (C=O) groups is 1. The van der Waals surface area contributed by atoms with Gasteiger partial charge in [0.1, 0.15) is 0 Å². The molecular weight excluding hydrogens is 220 g/mol. The quantitative estimate of drug-likeness (QED) is 0.799. The summed E-state index contributed by atoms with van der Waals surface area (Å²) in [5.41, 5.74) is 6.43. The van der Waals surface area contributed by atoms with Crippen LogP contribution in [-0.2, 0) is 4.74 Å². The highest BCUT2D eigenvalue weighted by Crippen LogP contribution is 2.11. The number of nitrogens with zero attached hydrogens (tertiary/aromatic N) is 3. The van der Waals surface area contributed by atoms with Gasteiger partial charge in [-0.3, -0.25) is 0 Å². The van der Waals surface area contributed by atoms with E-state index in [0.717, 1.165) is 5.69 Å². The van der Waals surface area contributed by atoms with Crippen molar-refractivity contribution in [1.29, 1.82) is 0 Å². The van der Waals surface area contributed by atoms with Crippen molar-refractivity contribution in [2.75, 3.05) is 12.3 Å². The van der Waals surface area contributed by atoms with E-state index < -0.39 is 5.97 Å². The van der Waals surface area contributed by atoms with Crippen LogP contribution in [0.5, 0.6) is 0 Å². The predicted octanol–water partition coefficient (Wildman–Crippen LogP) is 1.03. The van der Waals surface area contributed by atoms with E-state index in [4.69, 9.17) is 10.5 Å². The first-order chi connectivity index (χ1) is 8.22. The fourth-order valence-corrected chi connectivity index (χ4v) is 1.37. The molecule has 0 aliphatic carbocycles. The lowest BCUT2D eigenvalue weighted by molar-refractivity contribution is 0.0512. The van der Waals surface area contributed by atoms with Gasteiger partial charge >= 0.3 is 5.97 Å². The molecule has 1 aromatic heterocycles. The predicted molar refractivity (Wildman–Crippen MR) is 61.7 cm³/mol. The second-order valence-corrected chi connectivity index (χ2v) is 3.26. The standard InChI is InChI=1S/C11H12N4O2/c1-2-17-10(16)9-13-11(12)15(14-9)8-6-4-3-5-7-8/h3-7H,2H2,1H3,(H2,12,13,14). The zero-order valence-corrected chi connectivity index (χ0v) is 9.33. The Labute approximate surface area is 98.0 Å². The van der Waals surface area contributed by atoms with E-state index >= 15 is 0 Å². The summed E-state index contributed by atoms with van der Waals surface area (Å²) < 4.78 is 6.19. The van der Waals surface area contributed by atoms with Gasteiger partial charge in [0.05, 0.1) is 12.3 Å². The summed E-state index contributed by atoms with van der Waals surface area (Å²) in [6, 6.07) is 9.21. The summed E-state index contributed by atoms with van der Waals surface area (Å²) >= 11 is 0. The summed E-state index contributed by atoms with van der Waals surface area (Å²) in [5, 5.41) is 4.00. The van der Waals surface area contributed by atoms with Crippen molar-refractivity contribution in [2.45, 2.75) is 6.92 Å². The molecule has 88 valence electrons. The summed E-state index contributed by atoms with van der Waals surface area (Å²) in [6.45, 7) is 1.99. The molecule has 0 aliphatic heterocycles. The average molecular weight is 232 g/mol. The summed E-state index contributed by atoms with van der Waals surface area (Å²) in [4.78, 5) is 15.3. The lowest BCUT2D eigenvalue weighted by atomic mass is 10.3.